The Balaban J connectivity index is 1.70. The lowest BCUT2D eigenvalue weighted by molar-refractivity contribution is -0.142. The summed E-state index contributed by atoms with van der Waals surface area (Å²) in [6.07, 6.45) is 5.25. The Bertz CT molecular complexity index is 385. The second-order valence-electron chi connectivity index (χ2n) is 6.43. The number of rotatable bonds is 1. The van der Waals surface area contributed by atoms with Crippen molar-refractivity contribution >= 4 is 11.8 Å². The maximum atomic E-state index is 12.9. The van der Waals surface area contributed by atoms with Gasteiger partial charge in [-0.25, -0.2) is 0 Å². The fourth-order valence-electron chi connectivity index (χ4n) is 4.02. The predicted octanol–water partition coefficient (Wildman–Crippen LogP) is 0.598. The number of carbonyl (C=O) groups is 2. The van der Waals surface area contributed by atoms with E-state index in [0.29, 0.717) is 24.5 Å². The summed E-state index contributed by atoms with van der Waals surface area (Å²) in [6.45, 7) is 5.00. The Morgan fingerprint density at radius 1 is 1.10 bits per heavy atom. The number of nitrogens with zero attached hydrogens (tertiary/aromatic N) is 2. The third-order valence-corrected chi connectivity index (χ3v) is 5.12. The summed E-state index contributed by atoms with van der Waals surface area (Å²) < 4.78 is 0. The van der Waals surface area contributed by atoms with Gasteiger partial charge < -0.3 is 15.1 Å². The number of hydrogen-bond donors (Lipinski definition) is 1. The molecule has 3 atom stereocenters. The van der Waals surface area contributed by atoms with Crippen molar-refractivity contribution in [3.63, 3.8) is 0 Å². The summed E-state index contributed by atoms with van der Waals surface area (Å²) in [5, 5.41) is 3.44. The zero-order valence-electron chi connectivity index (χ0n) is 12.3. The third-order valence-electron chi connectivity index (χ3n) is 5.12. The number of amides is 2. The fraction of sp³-hybridized carbons (Fsp3) is 0.867. The Kier molecular flexibility index (Phi) is 3.96. The van der Waals surface area contributed by atoms with Crippen LogP contribution in [0, 0.1) is 5.92 Å². The molecule has 0 spiro atoms. The van der Waals surface area contributed by atoms with Crippen LogP contribution in [0.15, 0.2) is 0 Å². The molecular formula is C15H25N3O2. The van der Waals surface area contributed by atoms with E-state index in [-0.39, 0.29) is 11.8 Å². The molecule has 5 heteroatoms. The standard InChI is InChI=1S/C15H25N3O2/c1-11(19)17-8-2-3-12(10-17)15(20)18-13-4-5-14(18)9-16-7-6-13/h12-14,16H,2-10H2,1H3. The highest BCUT2D eigenvalue weighted by Gasteiger charge is 2.41. The molecule has 5 nitrogen and oxygen atoms in total. The monoisotopic (exact) mass is 279 g/mol. The normalized spacial score (nSPS) is 34.0. The van der Waals surface area contributed by atoms with Crippen LogP contribution in [0.1, 0.15) is 39.0 Å². The van der Waals surface area contributed by atoms with Gasteiger partial charge in [-0.05, 0) is 38.6 Å². The Morgan fingerprint density at radius 3 is 2.70 bits per heavy atom. The van der Waals surface area contributed by atoms with Crippen LogP contribution >= 0.6 is 0 Å². The predicted molar refractivity (Wildman–Crippen MR) is 76.1 cm³/mol. The highest BCUT2D eigenvalue weighted by molar-refractivity contribution is 5.81. The van der Waals surface area contributed by atoms with E-state index in [4.69, 9.17) is 0 Å². The van der Waals surface area contributed by atoms with Crippen molar-refractivity contribution < 1.29 is 9.59 Å². The summed E-state index contributed by atoms with van der Waals surface area (Å²) in [7, 11) is 0. The molecule has 0 aliphatic carbocycles. The van der Waals surface area contributed by atoms with Crippen molar-refractivity contribution in [2.24, 2.45) is 5.92 Å². The number of fused-ring (bicyclic) bond motifs is 2. The second-order valence-corrected chi connectivity index (χ2v) is 6.43. The summed E-state index contributed by atoms with van der Waals surface area (Å²) >= 11 is 0. The average Bonchev–Trinajstić information content (AvgIpc) is 2.71. The van der Waals surface area contributed by atoms with Gasteiger partial charge in [0.05, 0.1) is 5.92 Å². The molecule has 0 saturated carbocycles. The molecule has 20 heavy (non-hydrogen) atoms. The molecule has 0 radical (unpaired) electrons. The lowest BCUT2D eigenvalue weighted by Gasteiger charge is -2.36. The molecule has 0 aromatic carbocycles. The minimum atomic E-state index is 0.0221. The number of likely N-dealkylation sites (tertiary alicyclic amines) is 1. The van der Waals surface area contributed by atoms with Gasteiger partial charge >= 0.3 is 0 Å². The molecule has 3 rings (SSSR count). The second kappa shape index (κ2) is 5.72. The largest absolute Gasteiger partial charge is 0.342 e. The maximum Gasteiger partial charge on any atom is 0.228 e. The van der Waals surface area contributed by atoms with Gasteiger partial charge in [-0.15, -0.1) is 0 Å². The first-order chi connectivity index (χ1) is 9.66. The number of piperidine rings is 1. The topological polar surface area (TPSA) is 52.7 Å². The fourth-order valence-corrected chi connectivity index (χ4v) is 4.02. The van der Waals surface area contributed by atoms with Crippen molar-refractivity contribution in [3.8, 4) is 0 Å². The van der Waals surface area contributed by atoms with Crippen LogP contribution in [0.4, 0.5) is 0 Å². The van der Waals surface area contributed by atoms with E-state index in [9.17, 15) is 9.59 Å². The highest BCUT2D eigenvalue weighted by Crippen LogP contribution is 2.31. The Morgan fingerprint density at radius 2 is 1.90 bits per heavy atom. The summed E-state index contributed by atoms with van der Waals surface area (Å²) in [5.74, 6) is 0.420. The van der Waals surface area contributed by atoms with Crippen LogP contribution in [0.3, 0.4) is 0 Å². The quantitative estimate of drug-likeness (QED) is 0.764. The van der Waals surface area contributed by atoms with Crippen molar-refractivity contribution in [1.29, 1.82) is 0 Å². The van der Waals surface area contributed by atoms with E-state index >= 15 is 0 Å². The maximum absolute atomic E-state index is 12.9. The molecule has 3 aliphatic rings. The summed E-state index contributed by atoms with van der Waals surface area (Å²) in [6, 6.07) is 0.804. The first kappa shape index (κ1) is 13.9. The molecular weight excluding hydrogens is 254 g/mol. The van der Waals surface area contributed by atoms with Crippen LogP contribution in [0.25, 0.3) is 0 Å². The zero-order chi connectivity index (χ0) is 14.1. The van der Waals surface area contributed by atoms with Gasteiger partial charge in [-0.2, -0.15) is 0 Å². The molecule has 2 bridgehead atoms. The molecule has 3 heterocycles. The Labute approximate surface area is 120 Å². The molecule has 0 aromatic heterocycles. The van der Waals surface area contributed by atoms with E-state index < -0.39 is 0 Å². The SMILES string of the molecule is CC(=O)N1CCCC(C(=O)N2C3CCNCC2CC3)C1. The van der Waals surface area contributed by atoms with E-state index in [0.717, 1.165) is 51.7 Å². The van der Waals surface area contributed by atoms with Crippen molar-refractivity contribution in [2.45, 2.75) is 51.1 Å². The van der Waals surface area contributed by atoms with Gasteiger partial charge in [0.25, 0.3) is 0 Å². The lowest BCUT2D eigenvalue weighted by Crippen LogP contribution is -2.50. The zero-order valence-corrected chi connectivity index (χ0v) is 12.3. The minimum absolute atomic E-state index is 0.0221. The van der Waals surface area contributed by atoms with Crippen molar-refractivity contribution in [2.75, 3.05) is 26.2 Å². The van der Waals surface area contributed by atoms with Gasteiger partial charge in [0.1, 0.15) is 0 Å². The summed E-state index contributed by atoms with van der Waals surface area (Å²) in [4.78, 5) is 28.4. The number of nitrogens with one attached hydrogen (secondary N) is 1. The highest BCUT2D eigenvalue weighted by atomic mass is 16.2. The van der Waals surface area contributed by atoms with Gasteiger partial charge in [0.2, 0.25) is 11.8 Å². The van der Waals surface area contributed by atoms with E-state index in [2.05, 4.69) is 10.2 Å². The number of hydrogen-bond acceptors (Lipinski definition) is 3. The van der Waals surface area contributed by atoms with Crippen LogP contribution in [-0.2, 0) is 9.59 Å². The Hall–Kier alpha value is -1.10. The van der Waals surface area contributed by atoms with Gasteiger partial charge in [0, 0.05) is 38.6 Å². The lowest BCUT2D eigenvalue weighted by atomic mass is 9.95. The molecule has 3 fully saturated rings. The van der Waals surface area contributed by atoms with Gasteiger partial charge in [-0.3, -0.25) is 9.59 Å². The molecule has 3 saturated heterocycles. The first-order valence-electron chi connectivity index (χ1n) is 7.95. The van der Waals surface area contributed by atoms with Gasteiger partial charge in [0.15, 0.2) is 0 Å². The van der Waals surface area contributed by atoms with Crippen molar-refractivity contribution in [3.05, 3.63) is 0 Å². The van der Waals surface area contributed by atoms with E-state index in [1.165, 1.54) is 0 Å². The van der Waals surface area contributed by atoms with E-state index in [1.807, 2.05) is 4.90 Å². The molecule has 112 valence electrons. The molecule has 1 N–H and O–H groups in total. The van der Waals surface area contributed by atoms with Crippen molar-refractivity contribution in [1.82, 2.24) is 15.1 Å². The van der Waals surface area contributed by atoms with Crippen LogP contribution in [0.2, 0.25) is 0 Å². The summed E-state index contributed by atoms with van der Waals surface area (Å²) in [5.41, 5.74) is 0. The third kappa shape index (κ3) is 2.55. The minimum Gasteiger partial charge on any atom is -0.342 e. The smallest absolute Gasteiger partial charge is 0.228 e. The molecule has 3 aliphatic heterocycles. The van der Waals surface area contributed by atoms with Crippen LogP contribution in [0.5, 0.6) is 0 Å². The first-order valence-corrected chi connectivity index (χ1v) is 7.95. The van der Waals surface area contributed by atoms with Gasteiger partial charge in [-0.1, -0.05) is 0 Å². The van der Waals surface area contributed by atoms with E-state index in [1.54, 1.807) is 6.92 Å². The molecule has 0 aromatic rings. The van der Waals surface area contributed by atoms with Crippen LogP contribution < -0.4 is 5.32 Å². The number of carbonyl (C=O) groups excluding carboxylic acids is 2. The average molecular weight is 279 g/mol. The van der Waals surface area contributed by atoms with Crippen LogP contribution in [-0.4, -0.2) is 59.9 Å². The molecule has 3 unspecified atom stereocenters. The molecule has 2 amide bonds.